The number of aryl methyl sites for hydroxylation is 1. The molecule has 1 saturated heterocycles. The van der Waals surface area contributed by atoms with Gasteiger partial charge < -0.3 is 10.0 Å². The van der Waals surface area contributed by atoms with Crippen LogP contribution in [0.5, 0.6) is 0 Å². The van der Waals surface area contributed by atoms with Gasteiger partial charge in [-0.2, -0.15) is 0 Å². The van der Waals surface area contributed by atoms with Gasteiger partial charge in [-0.05, 0) is 62.8 Å². The number of nitrogens with zero attached hydrogens (tertiary/aromatic N) is 1. The first-order valence-electron chi connectivity index (χ1n) is 7.89. The summed E-state index contributed by atoms with van der Waals surface area (Å²) in [7, 11) is 0. The van der Waals surface area contributed by atoms with E-state index in [0.29, 0.717) is 31.2 Å². The molecule has 1 aromatic rings. The third-order valence-electron chi connectivity index (χ3n) is 4.16. The lowest BCUT2D eigenvalue weighted by molar-refractivity contribution is -0.132. The Balaban J connectivity index is 1.83. The van der Waals surface area contributed by atoms with E-state index in [4.69, 9.17) is 0 Å². The summed E-state index contributed by atoms with van der Waals surface area (Å²) in [6.07, 6.45) is 3.24. The van der Waals surface area contributed by atoms with Gasteiger partial charge in [-0.15, -0.1) is 0 Å². The van der Waals surface area contributed by atoms with Gasteiger partial charge in [0, 0.05) is 19.0 Å². The highest BCUT2D eigenvalue weighted by atomic mass is 19.1. The second kappa shape index (κ2) is 7.68. The van der Waals surface area contributed by atoms with Crippen molar-refractivity contribution in [3.8, 4) is 0 Å². The molecule has 1 heterocycles. The van der Waals surface area contributed by atoms with Crippen LogP contribution >= 0.6 is 0 Å². The van der Waals surface area contributed by atoms with Crippen molar-refractivity contribution in [3.05, 3.63) is 35.4 Å². The van der Waals surface area contributed by atoms with Crippen molar-refractivity contribution >= 4 is 5.91 Å². The van der Waals surface area contributed by atoms with Gasteiger partial charge in [0.25, 0.3) is 0 Å². The summed E-state index contributed by atoms with van der Waals surface area (Å²) in [4.78, 5) is 14.1. The minimum Gasteiger partial charge on any atom is -0.393 e. The van der Waals surface area contributed by atoms with Crippen molar-refractivity contribution in [2.24, 2.45) is 0 Å². The van der Waals surface area contributed by atoms with Gasteiger partial charge in [-0.25, -0.2) is 8.78 Å². The van der Waals surface area contributed by atoms with Crippen LogP contribution in [0.1, 0.15) is 44.6 Å². The number of benzene rings is 1. The maximum atomic E-state index is 13.5. The largest absolute Gasteiger partial charge is 0.393 e. The van der Waals surface area contributed by atoms with E-state index in [1.54, 1.807) is 6.92 Å². The van der Waals surface area contributed by atoms with Gasteiger partial charge in [0.2, 0.25) is 5.91 Å². The molecule has 22 heavy (non-hydrogen) atoms. The Hall–Kier alpha value is -1.49. The van der Waals surface area contributed by atoms with Gasteiger partial charge in [-0.3, -0.25) is 4.79 Å². The summed E-state index contributed by atoms with van der Waals surface area (Å²) in [6.45, 7) is 2.46. The van der Waals surface area contributed by atoms with Crippen LogP contribution in [0.15, 0.2) is 18.2 Å². The summed E-state index contributed by atoms with van der Waals surface area (Å²) >= 11 is 0. The number of halogens is 2. The minimum atomic E-state index is -0.459. The molecule has 0 bridgehead atoms. The summed E-state index contributed by atoms with van der Waals surface area (Å²) in [6, 6.07) is 3.50. The normalized spacial score (nSPS) is 19.5. The fourth-order valence-electron chi connectivity index (χ4n) is 3.11. The molecule has 1 amide bonds. The first kappa shape index (κ1) is 16.9. The average molecular weight is 311 g/mol. The Morgan fingerprint density at radius 1 is 1.45 bits per heavy atom. The van der Waals surface area contributed by atoms with Crippen molar-refractivity contribution in [2.75, 3.05) is 6.54 Å². The van der Waals surface area contributed by atoms with Crippen molar-refractivity contribution in [3.63, 3.8) is 0 Å². The lowest BCUT2D eigenvalue weighted by Crippen LogP contribution is -2.37. The van der Waals surface area contributed by atoms with Crippen molar-refractivity contribution < 1.29 is 18.7 Å². The van der Waals surface area contributed by atoms with E-state index in [1.165, 1.54) is 6.07 Å². The highest BCUT2D eigenvalue weighted by Crippen LogP contribution is 2.23. The summed E-state index contributed by atoms with van der Waals surface area (Å²) in [5.74, 6) is -0.846. The Morgan fingerprint density at radius 3 is 2.95 bits per heavy atom. The predicted molar refractivity (Wildman–Crippen MR) is 80.3 cm³/mol. The zero-order valence-corrected chi connectivity index (χ0v) is 12.9. The summed E-state index contributed by atoms with van der Waals surface area (Å²) in [5.41, 5.74) is 0.315. The van der Waals surface area contributed by atoms with E-state index >= 15 is 0 Å². The molecule has 0 spiro atoms. The zero-order chi connectivity index (χ0) is 16.1. The van der Waals surface area contributed by atoms with Crippen LogP contribution in [0.25, 0.3) is 0 Å². The van der Waals surface area contributed by atoms with Crippen molar-refractivity contribution in [1.82, 2.24) is 4.90 Å². The molecule has 0 aromatic heterocycles. The number of rotatable bonds is 6. The lowest BCUT2D eigenvalue weighted by Gasteiger charge is -2.25. The van der Waals surface area contributed by atoms with E-state index < -0.39 is 17.7 Å². The SMILES string of the molecule is CC(O)CC1CCCN1C(=O)CCCc1cc(F)ccc1F. The molecule has 122 valence electrons. The molecular weight excluding hydrogens is 288 g/mol. The van der Waals surface area contributed by atoms with Crippen LogP contribution in [0.3, 0.4) is 0 Å². The molecule has 5 heteroatoms. The number of hydrogen-bond acceptors (Lipinski definition) is 2. The van der Waals surface area contributed by atoms with Crippen LogP contribution in [0.4, 0.5) is 8.78 Å². The molecule has 1 aliphatic heterocycles. The standard InChI is InChI=1S/C17H23F2NO2/c1-12(21)10-15-5-3-9-20(15)17(22)6-2-4-13-11-14(18)7-8-16(13)19/h7-8,11-12,15,21H,2-6,9-10H2,1H3. The minimum absolute atomic E-state index is 0.0416. The molecular formula is C17H23F2NO2. The molecule has 2 rings (SSSR count). The number of hydrogen-bond donors (Lipinski definition) is 1. The molecule has 3 nitrogen and oxygen atoms in total. The van der Waals surface area contributed by atoms with Crippen molar-refractivity contribution in [2.45, 2.75) is 57.6 Å². The molecule has 1 aliphatic rings. The Bertz CT molecular complexity index is 519. The number of likely N-dealkylation sites (tertiary alicyclic amines) is 1. The van der Waals surface area contributed by atoms with Gasteiger partial charge >= 0.3 is 0 Å². The maximum Gasteiger partial charge on any atom is 0.222 e. The van der Waals surface area contributed by atoms with Crippen LogP contribution in [-0.4, -0.2) is 34.6 Å². The maximum absolute atomic E-state index is 13.5. The molecule has 1 fully saturated rings. The number of carbonyl (C=O) groups excluding carboxylic acids is 1. The topological polar surface area (TPSA) is 40.5 Å². The molecule has 2 unspecified atom stereocenters. The third-order valence-corrected chi connectivity index (χ3v) is 4.16. The molecule has 0 radical (unpaired) electrons. The second-order valence-corrected chi connectivity index (χ2v) is 6.06. The first-order valence-corrected chi connectivity index (χ1v) is 7.89. The number of aliphatic hydroxyl groups is 1. The fourth-order valence-corrected chi connectivity index (χ4v) is 3.11. The smallest absolute Gasteiger partial charge is 0.222 e. The number of amides is 1. The van der Waals surface area contributed by atoms with E-state index in [2.05, 4.69) is 0 Å². The zero-order valence-electron chi connectivity index (χ0n) is 12.9. The van der Waals surface area contributed by atoms with Crippen LogP contribution in [0.2, 0.25) is 0 Å². The lowest BCUT2D eigenvalue weighted by atomic mass is 10.1. The molecule has 0 aliphatic carbocycles. The highest BCUT2D eigenvalue weighted by Gasteiger charge is 2.28. The van der Waals surface area contributed by atoms with Gasteiger partial charge in [0.05, 0.1) is 6.10 Å². The monoisotopic (exact) mass is 311 g/mol. The van der Waals surface area contributed by atoms with Gasteiger partial charge in [0.1, 0.15) is 11.6 Å². The highest BCUT2D eigenvalue weighted by molar-refractivity contribution is 5.76. The van der Waals surface area contributed by atoms with Gasteiger partial charge in [-0.1, -0.05) is 0 Å². The van der Waals surface area contributed by atoms with E-state index in [9.17, 15) is 18.7 Å². The average Bonchev–Trinajstić information content (AvgIpc) is 2.90. The van der Waals surface area contributed by atoms with Crippen LogP contribution in [-0.2, 0) is 11.2 Å². The fraction of sp³-hybridized carbons (Fsp3) is 0.588. The third kappa shape index (κ3) is 4.50. The Morgan fingerprint density at radius 2 is 2.23 bits per heavy atom. The van der Waals surface area contributed by atoms with Crippen molar-refractivity contribution in [1.29, 1.82) is 0 Å². The molecule has 2 atom stereocenters. The van der Waals surface area contributed by atoms with Gasteiger partial charge in [0.15, 0.2) is 0 Å². The summed E-state index contributed by atoms with van der Waals surface area (Å²) < 4.78 is 26.6. The number of aliphatic hydroxyl groups excluding tert-OH is 1. The summed E-state index contributed by atoms with van der Waals surface area (Å²) in [5, 5.41) is 9.48. The predicted octanol–water partition coefficient (Wildman–Crippen LogP) is 3.05. The number of carbonyl (C=O) groups is 1. The quantitative estimate of drug-likeness (QED) is 0.877. The molecule has 0 saturated carbocycles. The first-order chi connectivity index (χ1) is 10.5. The van der Waals surface area contributed by atoms with E-state index in [1.807, 2.05) is 4.90 Å². The second-order valence-electron chi connectivity index (χ2n) is 6.06. The Labute approximate surface area is 129 Å². The van der Waals surface area contributed by atoms with E-state index in [0.717, 1.165) is 31.5 Å². The Kier molecular flexibility index (Phi) is 5.89. The van der Waals surface area contributed by atoms with Crippen LogP contribution < -0.4 is 0 Å². The van der Waals surface area contributed by atoms with Crippen LogP contribution in [0, 0.1) is 11.6 Å². The van der Waals surface area contributed by atoms with E-state index in [-0.39, 0.29) is 11.9 Å². The molecule has 1 aromatic carbocycles. The molecule has 1 N–H and O–H groups in total.